The molecule has 0 aromatic heterocycles. The van der Waals surface area contributed by atoms with Crippen LogP contribution in [0.25, 0.3) is 0 Å². The molecule has 2 rings (SSSR count). The molecule has 1 atom stereocenters. The minimum Gasteiger partial charge on any atom is -0.329 e. The van der Waals surface area contributed by atoms with Crippen LogP contribution in [0.2, 0.25) is 5.02 Å². The summed E-state index contributed by atoms with van der Waals surface area (Å²) in [6.45, 7) is 1.21. The molecule has 1 heterocycles. The Morgan fingerprint density at radius 1 is 1.43 bits per heavy atom. The van der Waals surface area contributed by atoms with Crippen LogP contribution < -0.4 is 5.73 Å². The number of hydrogen-bond acceptors (Lipinski definition) is 3. The molecular formula is C14H22ClN3O2S. The highest BCUT2D eigenvalue weighted by molar-refractivity contribution is 7.86. The van der Waals surface area contributed by atoms with Gasteiger partial charge in [-0.25, -0.2) is 0 Å². The zero-order valence-electron chi connectivity index (χ0n) is 12.2. The smallest absolute Gasteiger partial charge is 0.282 e. The van der Waals surface area contributed by atoms with Crippen LogP contribution in [0.4, 0.5) is 0 Å². The van der Waals surface area contributed by atoms with Gasteiger partial charge in [0.05, 0.1) is 0 Å². The van der Waals surface area contributed by atoms with Crippen LogP contribution in [0.3, 0.4) is 0 Å². The van der Waals surface area contributed by atoms with Crippen molar-refractivity contribution in [3.63, 3.8) is 0 Å². The van der Waals surface area contributed by atoms with Gasteiger partial charge in [0.1, 0.15) is 0 Å². The Hall–Kier alpha value is -0.660. The van der Waals surface area contributed by atoms with Crippen molar-refractivity contribution < 1.29 is 8.42 Å². The maximum Gasteiger partial charge on any atom is 0.282 e. The largest absolute Gasteiger partial charge is 0.329 e. The summed E-state index contributed by atoms with van der Waals surface area (Å²) in [7, 11) is -1.90. The lowest BCUT2D eigenvalue weighted by Gasteiger charge is -2.36. The first-order valence-electron chi connectivity index (χ1n) is 7.12. The fraction of sp³-hybridized carbons (Fsp3) is 0.571. The molecule has 1 aromatic rings. The molecule has 2 N–H and O–H groups in total. The fourth-order valence-corrected chi connectivity index (χ4v) is 4.48. The zero-order valence-corrected chi connectivity index (χ0v) is 13.8. The standard InChI is InChI=1S/C14H22ClN3O2S/c1-17(11-12-5-4-6-13(15)9-12)21(19,20)18-8-3-2-7-14(18)10-16/h4-6,9,14H,2-3,7-8,10-11,16H2,1H3. The second-order valence-corrected chi connectivity index (χ2v) is 7.81. The summed E-state index contributed by atoms with van der Waals surface area (Å²) < 4.78 is 28.3. The second kappa shape index (κ2) is 7.07. The van der Waals surface area contributed by atoms with E-state index in [2.05, 4.69) is 0 Å². The summed E-state index contributed by atoms with van der Waals surface area (Å²) in [5, 5.41) is 0.608. The number of rotatable bonds is 5. The van der Waals surface area contributed by atoms with E-state index in [0.717, 1.165) is 24.8 Å². The average Bonchev–Trinajstić information content (AvgIpc) is 2.47. The predicted octanol–water partition coefficient (Wildman–Crippen LogP) is 1.83. The van der Waals surface area contributed by atoms with Gasteiger partial charge in [0.25, 0.3) is 10.2 Å². The minimum atomic E-state index is -3.49. The first kappa shape index (κ1) is 16.7. The zero-order chi connectivity index (χ0) is 15.5. The molecule has 118 valence electrons. The van der Waals surface area contributed by atoms with Gasteiger partial charge in [0.15, 0.2) is 0 Å². The molecule has 0 spiro atoms. The van der Waals surface area contributed by atoms with Gasteiger partial charge in [-0.2, -0.15) is 17.0 Å². The van der Waals surface area contributed by atoms with Crippen molar-refractivity contribution in [1.82, 2.24) is 8.61 Å². The molecule has 1 aliphatic heterocycles. The number of nitrogens with two attached hydrogens (primary N) is 1. The van der Waals surface area contributed by atoms with Gasteiger partial charge >= 0.3 is 0 Å². The molecule has 1 aromatic carbocycles. The third-order valence-electron chi connectivity index (χ3n) is 3.83. The molecule has 0 radical (unpaired) electrons. The number of benzene rings is 1. The van der Waals surface area contributed by atoms with E-state index in [0.29, 0.717) is 24.7 Å². The molecule has 0 aliphatic carbocycles. The normalized spacial score (nSPS) is 20.9. The van der Waals surface area contributed by atoms with E-state index in [1.54, 1.807) is 23.5 Å². The van der Waals surface area contributed by atoms with E-state index in [4.69, 9.17) is 17.3 Å². The lowest BCUT2D eigenvalue weighted by atomic mass is 10.1. The van der Waals surface area contributed by atoms with Gasteiger partial charge in [-0.15, -0.1) is 0 Å². The molecule has 7 heteroatoms. The summed E-state index contributed by atoms with van der Waals surface area (Å²) in [5.41, 5.74) is 6.59. The van der Waals surface area contributed by atoms with Crippen molar-refractivity contribution in [3.8, 4) is 0 Å². The van der Waals surface area contributed by atoms with Crippen molar-refractivity contribution in [2.45, 2.75) is 31.8 Å². The monoisotopic (exact) mass is 331 g/mol. The van der Waals surface area contributed by atoms with Gasteiger partial charge in [-0.05, 0) is 30.5 Å². The number of hydrogen-bond donors (Lipinski definition) is 1. The molecular weight excluding hydrogens is 310 g/mol. The Balaban J connectivity index is 2.14. The Morgan fingerprint density at radius 2 is 2.19 bits per heavy atom. The van der Waals surface area contributed by atoms with E-state index in [-0.39, 0.29) is 6.04 Å². The quantitative estimate of drug-likeness (QED) is 0.895. The van der Waals surface area contributed by atoms with E-state index < -0.39 is 10.2 Å². The Kier molecular flexibility index (Phi) is 5.62. The molecule has 1 saturated heterocycles. The third kappa shape index (κ3) is 3.96. The van der Waals surface area contributed by atoms with Gasteiger partial charge in [-0.1, -0.05) is 30.2 Å². The van der Waals surface area contributed by atoms with Crippen molar-refractivity contribution in [3.05, 3.63) is 34.9 Å². The van der Waals surface area contributed by atoms with Gasteiger partial charge < -0.3 is 5.73 Å². The number of nitrogens with zero attached hydrogens (tertiary/aromatic N) is 2. The summed E-state index contributed by atoms with van der Waals surface area (Å²) in [4.78, 5) is 0. The van der Waals surface area contributed by atoms with Crippen LogP contribution in [0, 0.1) is 0 Å². The molecule has 5 nitrogen and oxygen atoms in total. The van der Waals surface area contributed by atoms with E-state index in [1.807, 2.05) is 12.1 Å². The van der Waals surface area contributed by atoms with Gasteiger partial charge in [0.2, 0.25) is 0 Å². The van der Waals surface area contributed by atoms with Crippen LogP contribution in [-0.2, 0) is 16.8 Å². The third-order valence-corrected chi connectivity index (χ3v) is 6.06. The highest BCUT2D eigenvalue weighted by Crippen LogP contribution is 2.23. The summed E-state index contributed by atoms with van der Waals surface area (Å²) in [6, 6.07) is 7.15. The topological polar surface area (TPSA) is 66.6 Å². The van der Waals surface area contributed by atoms with Gasteiger partial charge in [0, 0.05) is 37.7 Å². The van der Waals surface area contributed by atoms with E-state index in [9.17, 15) is 8.42 Å². The molecule has 0 saturated carbocycles. The van der Waals surface area contributed by atoms with Crippen LogP contribution in [0.5, 0.6) is 0 Å². The van der Waals surface area contributed by atoms with Gasteiger partial charge in [-0.3, -0.25) is 0 Å². The lowest BCUT2D eigenvalue weighted by molar-refractivity contribution is 0.240. The van der Waals surface area contributed by atoms with Crippen molar-refractivity contribution >= 4 is 21.8 Å². The highest BCUT2D eigenvalue weighted by atomic mass is 35.5. The van der Waals surface area contributed by atoms with Crippen molar-refractivity contribution in [1.29, 1.82) is 0 Å². The lowest BCUT2D eigenvalue weighted by Crippen LogP contribution is -2.51. The maximum atomic E-state index is 12.7. The molecule has 0 amide bonds. The van der Waals surface area contributed by atoms with Crippen molar-refractivity contribution in [2.24, 2.45) is 5.73 Å². The highest BCUT2D eigenvalue weighted by Gasteiger charge is 2.34. The van der Waals surface area contributed by atoms with Crippen LogP contribution in [0.15, 0.2) is 24.3 Å². The molecule has 1 fully saturated rings. The molecule has 0 bridgehead atoms. The van der Waals surface area contributed by atoms with E-state index >= 15 is 0 Å². The fourth-order valence-electron chi connectivity index (χ4n) is 2.67. The predicted molar refractivity (Wildman–Crippen MR) is 85.2 cm³/mol. The summed E-state index contributed by atoms with van der Waals surface area (Å²) in [5.74, 6) is 0. The first-order chi connectivity index (χ1) is 9.95. The summed E-state index contributed by atoms with van der Waals surface area (Å²) >= 11 is 5.94. The number of halogens is 1. The summed E-state index contributed by atoms with van der Waals surface area (Å²) in [6.07, 6.45) is 2.76. The number of piperidine rings is 1. The van der Waals surface area contributed by atoms with E-state index in [1.165, 1.54) is 4.31 Å². The first-order valence-corrected chi connectivity index (χ1v) is 8.90. The SMILES string of the molecule is CN(Cc1cccc(Cl)c1)S(=O)(=O)N1CCCCC1CN. The second-order valence-electron chi connectivity index (χ2n) is 5.39. The average molecular weight is 332 g/mol. The van der Waals surface area contributed by atoms with Crippen LogP contribution >= 0.6 is 11.6 Å². The Morgan fingerprint density at radius 3 is 2.86 bits per heavy atom. The maximum absolute atomic E-state index is 12.7. The Labute approximate surface area is 131 Å². The van der Waals surface area contributed by atoms with Crippen LogP contribution in [-0.4, -0.2) is 43.2 Å². The minimum absolute atomic E-state index is 0.0921. The molecule has 1 unspecified atom stereocenters. The van der Waals surface area contributed by atoms with Crippen molar-refractivity contribution in [2.75, 3.05) is 20.1 Å². The molecule has 21 heavy (non-hydrogen) atoms. The Bertz CT molecular complexity index is 579. The van der Waals surface area contributed by atoms with Crippen LogP contribution in [0.1, 0.15) is 24.8 Å². The molecule has 1 aliphatic rings.